The highest BCUT2D eigenvalue weighted by Crippen LogP contribution is 2.20. The smallest absolute Gasteiger partial charge is 0.162 e. The molecule has 0 amide bonds. The predicted octanol–water partition coefficient (Wildman–Crippen LogP) is 2.68. The van der Waals surface area contributed by atoms with Gasteiger partial charge in [0.15, 0.2) is 6.07 Å². The number of hydrogen-bond donors (Lipinski definition) is 0. The van der Waals surface area contributed by atoms with E-state index >= 15 is 0 Å². The average Bonchev–Trinajstić information content (AvgIpc) is 2.28. The van der Waals surface area contributed by atoms with E-state index in [-0.39, 0.29) is 6.07 Å². The number of fused-ring (bicyclic) bond motifs is 1. The van der Waals surface area contributed by atoms with E-state index in [9.17, 15) is 0 Å². The number of aromatic nitrogens is 1. The number of pyridine rings is 1. The van der Waals surface area contributed by atoms with Crippen LogP contribution in [0, 0.1) is 11.3 Å². The van der Waals surface area contributed by atoms with Crippen molar-refractivity contribution in [3.63, 3.8) is 0 Å². The van der Waals surface area contributed by atoms with Crippen molar-refractivity contribution in [2.75, 3.05) is 6.07 Å². The highest BCUT2D eigenvalue weighted by Gasteiger charge is 1.99. The molecule has 2 aromatic rings. The molecule has 0 saturated carbocycles. The quantitative estimate of drug-likeness (QED) is 0.728. The number of benzene rings is 1. The van der Waals surface area contributed by atoms with Crippen LogP contribution in [0.5, 0.6) is 5.75 Å². The van der Waals surface area contributed by atoms with Gasteiger partial charge in [-0.3, -0.25) is 4.98 Å². The molecule has 1 aromatic heterocycles. The molecule has 0 spiro atoms. The van der Waals surface area contributed by atoms with E-state index in [1.807, 2.05) is 18.2 Å². The van der Waals surface area contributed by atoms with Crippen molar-refractivity contribution in [2.24, 2.45) is 0 Å². The SMILES string of the molecule is N#Cc1cnc2ccc(OCCl)cc2c1. The molecule has 0 fully saturated rings. The first-order chi connectivity index (χ1) is 7.33. The second kappa shape index (κ2) is 4.16. The molecule has 0 unspecified atom stereocenters. The summed E-state index contributed by atoms with van der Waals surface area (Å²) in [5, 5.41) is 9.60. The van der Waals surface area contributed by atoms with Crippen LogP contribution in [0.25, 0.3) is 10.9 Å². The summed E-state index contributed by atoms with van der Waals surface area (Å²) in [5.74, 6) is 0.675. The minimum absolute atomic E-state index is 0.108. The number of nitriles is 1. The van der Waals surface area contributed by atoms with Crippen LogP contribution in [0.2, 0.25) is 0 Å². The third-order valence-electron chi connectivity index (χ3n) is 2.00. The lowest BCUT2D eigenvalue weighted by Gasteiger charge is -2.03. The fourth-order valence-corrected chi connectivity index (χ4v) is 1.45. The molecule has 0 aliphatic rings. The molecule has 74 valence electrons. The van der Waals surface area contributed by atoms with Crippen LogP contribution in [0.4, 0.5) is 0 Å². The number of nitrogens with zero attached hydrogens (tertiary/aromatic N) is 2. The van der Waals surface area contributed by atoms with Gasteiger partial charge in [0, 0.05) is 11.6 Å². The van der Waals surface area contributed by atoms with Crippen LogP contribution in [-0.4, -0.2) is 11.1 Å². The third kappa shape index (κ3) is 2.00. The Morgan fingerprint density at radius 1 is 1.40 bits per heavy atom. The minimum atomic E-state index is 0.108. The zero-order chi connectivity index (χ0) is 10.7. The maximum atomic E-state index is 8.73. The molecule has 0 atom stereocenters. The Balaban J connectivity index is 2.54. The third-order valence-corrected chi connectivity index (χ3v) is 2.11. The maximum absolute atomic E-state index is 8.73. The first kappa shape index (κ1) is 9.75. The summed E-state index contributed by atoms with van der Waals surface area (Å²) in [7, 11) is 0. The summed E-state index contributed by atoms with van der Waals surface area (Å²) in [6.45, 7) is 0. The number of hydrogen-bond acceptors (Lipinski definition) is 3. The molecule has 0 aliphatic heterocycles. The standard InChI is InChI=1S/C11H7ClN2O/c12-7-15-10-1-2-11-9(4-10)3-8(5-13)6-14-11/h1-4,6H,7H2. The van der Waals surface area contributed by atoms with Crippen LogP contribution in [0.3, 0.4) is 0 Å². The summed E-state index contributed by atoms with van der Waals surface area (Å²) < 4.78 is 5.14. The molecule has 0 aliphatic carbocycles. The van der Waals surface area contributed by atoms with Crippen molar-refractivity contribution in [2.45, 2.75) is 0 Å². The van der Waals surface area contributed by atoms with Crippen LogP contribution in [0.15, 0.2) is 30.5 Å². The molecule has 0 N–H and O–H groups in total. The van der Waals surface area contributed by atoms with Gasteiger partial charge in [-0.15, -0.1) is 0 Å². The molecule has 2 rings (SSSR count). The van der Waals surface area contributed by atoms with E-state index in [0.717, 1.165) is 10.9 Å². The van der Waals surface area contributed by atoms with Gasteiger partial charge in [-0.1, -0.05) is 11.6 Å². The number of ether oxygens (including phenoxy) is 1. The fourth-order valence-electron chi connectivity index (χ4n) is 1.32. The largest absolute Gasteiger partial charge is 0.478 e. The second-order valence-corrected chi connectivity index (χ2v) is 3.16. The Kier molecular flexibility index (Phi) is 2.70. The molecular weight excluding hydrogens is 212 g/mol. The zero-order valence-corrected chi connectivity index (χ0v) is 8.53. The molecular formula is C11H7ClN2O. The Morgan fingerprint density at radius 2 is 2.27 bits per heavy atom. The Morgan fingerprint density at radius 3 is 3.00 bits per heavy atom. The lowest BCUT2D eigenvalue weighted by Crippen LogP contribution is -1.89. The van der Waals surface area contributed by atoms with E-state index in [0.29, 0.717) is 11.3 Å². The first-order valence-electron chi connectivity index (χ1n) is 4.32. The van der Waals surface area contributed by atoms with E-state index in [2.05, 4.69) is 4.98 Å². The zero-order valence-electron chi connectivity index (χ0n) is 7.77. The van der Waals surface area contributed by atoms with Crippen molar-refractivity contribution in [1.29, 1.82) is 5.26 Å². The van der Waals surface area contributed by atoms with Crippen LogP contribution < -0.4 is 4.74 Å². The predicted molar refractivity (Wildman–Crippen MR) is 57.8 cm³/mol. The van der Waals surface area contributed by atoms with Crippen LogP contribution in [-0.2, 0) is 0 Å². The molecule has 4 heteroatoms. The van der Waals surface area contributed by atoms with Crippen molar-refractivity contribution in [3.8, 4) is 11.8 Å². The lowest BCUT2D eigenvalue weighted by atomic mass is 10.1. The fraction of sp³-hybridized carbons (Fsp3) is 0.0909. The van der Waals surface area contributed by atoms with Gasteiger partial charge in [-0.2, -0.15) is 5.26 Å². The number of alkyl halides is 1. The van der Waals surface area contributed by atoms with Crippen LogP contribution in [0.1, 0.15) is 5.56 Å². The molecule has 15 heavy (non-hydrogen) atoms. The van der Waals surface area contributed by atoms with E-state index < -0.39 is 0 Å². The van der Waals surface area contributed by atoms with Gasteiger partial charge >= 0.3 is 0 Å². The molecule has 0 bridgehead atoms. The average molecular weight is 219 g/mol. The van der Waals surface area contributed by atoms with Gasteiger partial charge in [0.05, 0.1) is 11.1 Å². The van der Waals surface area contributed by atoms with Gasteiger partial charge in [-0.05, 0) is 24.3 Å². The summed E-state index contributed by atoms with van der Waals surface area (Å²) in [4.78, 5) is 4.14. The minimum Gasteiger partial charge on any atom is -0.478 e. The summed E-state index contributed by atoms with van der Waals surface area (Å²) >= 11 is 5.46. The normalized spacial score (nSPS) is 9.87. The van der Waals surface area contributed by atoms with Crippen LogP contribution >= 0.6 is 11.6 Å². The first-order valence-corrected chi connectivity index (χ1v) is 4.85. The molecule has 3 nitrogen and oxygen atoms in total. The summed E-state index contributed by atoms with van der Waals surface area (Å²) in [6.07, 6.45) is 1.55. The maximum Gasteiger partial charge on any atom is 0.162 e. The van der Waals surface area contributed by atoms with Gasteiger partial charge < -0.3 is 4.74 Å². The van der Waals surface area contributed by atoms with Crippen molar-refractivity contribution < 1.29 is 4.74 Å². The molecule has 0 saturated heterocycles. The topological polar surface area (TPSA) is 45.9 Å². The Labute approximate surface area is 91.9 Å². The highest BCUT2D eigenvalue weighted by molar-refractivity contribution is 6.17. The van der Waals surface area contributed by atoms with E-state index in [1.165, 1.54) is 0 Å². The Bertz CT molecular complexity index is 534. The highest BCUT2D eigenvalue weighted by atomic mass is 35.5. The second-order valence-electron chi connectivity index (χ2n) is 2.94. The van der Waals surface area contributed by atoms with Gasteiger partial charge in [0.1, 0.15) is 11.8 Å². The van der Waals surface area contributed by atoms with Crippen molar-refractivity contribution in [3.05, 3.63) is 36.0 Å². The van der Waals surface area contributed by atoms with Crippen molar-refractivity contribution >= 4 is 22.5 Å². The van der Waals surface area contributed by atoms with Gasteiger partial charge in [0.2, 0.25) is 0 Å². The van der Waals surface area contributed by atoms with E-state index in [4.69, 9.17) is 21.6 Å². The Hall–Kier alpha value is -1.79. The molecule has 1 aromatic carbocycles. The van der Waals surface area contributed by atoms with E-state index in [1.54, 1.807) is 18.3 Å². The summed E-state index contributed by atoms with van der Waals surface area (Å²) in [6, 6.07) is 9.35. The molecule has 0 radical (unpaired) electrons. The van der Waals surface area contributed by atoms with Crippen molar-refractivity contribution in [1.82, 2.24) is 4.98 Å². The number of halogens is 1. The number of rotatable bonds is 2. The van der Waals surface area contributed by atoms with Gasteiger partial charge in [0.25, 0.3) is 0 Å². The summed E-state index contributed by atoms with van der Waals surface area (Å²) in [5.41, 5.74) is 1.36. The molecule has 1 heterocycles. The monoisotopic (exact) mass is 218 g/mol. The lowest BCUT2D eigenvalue weighted by molar-refractivity contribution is 0.388. The van der Waals surface area contributed by atoms with Gasteiger partial charge in [-0.25, -0.2) is 0 Å².